The van der Waals surface area contributed by atoms with E-state index >= 15 is 0 Å². The summed E-state index contributed by atoms with van der Waals surface area (Å²) < 4.78 is 22.7. The predicted octanol–water partition coefficient (Wildman–Crippen LogP) is 0.380. The molecule has 19 heavy (non-hydrogen) atoms. The molecule has 0 bridgehead atoms. The Kier molecular flexibility index (Phi) is 5.34. The highest BCUT2D eigenvalue weighted by molar-refractivity contribution is 7.91. The molecule has 0 unspecified atom stereocenters. The third-order valence-corrected chi connectivity index (χ3v) is 4.84. The summed E-state index contributed by atoms with van der Waals surface area (Å²) in [5.74, 6) is -1.42. The topological polar surface area (TPSA) is 91.8 Å². The number of sulfone groups is 1. The zero-order valence-electron chi connectivity index (χ0n) is 11.3. The summed E-state index contributed by atoms with van der Waals surface area (Å²) in [6.07, 6.45) is 0.602. The summed E-state index contributed by atoms with van der Waals surface area (Å²) in [4.78, 5) is 24.4. The Morgan fingerprint density at radius 3 is 2.21 bits per heavy atom. The highest BCUT2D eigenvalue weighted by atomic mass is 32.2. The molecule has 0 saturated carbocycles. The maximum Gasteiger partial charge on any atom is 0.323 e. The lowest BCUT2D eigenvalue weighted by Gasteiger charge is -2.29. The molecule has 0 aliphatic carbocycles. The van der Waals surface area contributed by atoms with Crippen molar-refractivity contribution in [3.8, 4) is 0 Å². The van der Waals surface area contributed by atoms with Gasteiger partial charge in [0.15, 0.2) is 0 Å². The second kappa shape index (κ2) is 6.36. The molecule has 1 heterocycles. The van der Waals surface area contributed by atoms with E-state index in [2.05, 4.69) is 0 Å². The lowest BCUT2D eigenvalue weighted by molar-refractivity contribution is -0.146. The van der Waals surface area contributed by atoms with Gasteiger partial charge in [0.25, 0.3) is 0 Å². The maximum atomic E-state index is 12.2. The fraction of sp³-hybridized carbons (Fsp3) is 0.833. The minimum Gasteiger partial charge on any atom is -0.480 e. The third kappa shape index (κ3) is 5.18. The standard InChI is InChI=1S/C12H21NO5S/c1-9(2)7-13(8-11(14)15)12(16)10-3-5-19(17,18)6-4-10/h9-10H,3-8H2,1-2H3,(H,14,15). The van der Waals surface area contributed by atoms with Gasteiger partial charge in [-0.05, 0) is 18.8 Å². The van der Waals surface area contributed by atoms with Crippen molar-refractivity contribution >= 4 is 21.7 Å². The summed E-state index contributed by atoms with van der Waals surface area (Å²) >= 11 is 0. The number of hydrogen-bond donors (Lipinski definition) is 1. The van der Waals surface area contributed by atoms with E-state index in [1.165, 1.54) is 4.90 Å². The molecule has 1 amide bonds. The monoisotopic (exact) mass is 291 g/mol. The summed E-state index contributed by atoms with van der Waals surface area (Å²) in [7, 11) is -3.01. The average molecular weight is 291 g/mol. The van der Waals surface area contributed by atoms with Crippen LogP contribution in [0.2, 0.25) is 0 Å². The van der Waals surface area contributed by atoms with Crippen molar-refractivity contribution in [3.05, 3.63) is 0 Å². The van der Waals surface area contributed by atoms with Gasteiger partial charge in [0.1, 0.15) is 16.4 Å². The molecule has 0 aromatic heterocycles. The first kappa shape index (κ1) is 15.9. The van der Waals surface area contributed by atoms with Crippen LogP contribution in [0, 0.1) is 11.8 Å². The zero-order valence-corrected chi connectivity index (χ0v) is 12.1. The van der Waals surface area contributed by atoms with Gasteiger partial charge in [-0.2, -0.15) is 0 Å². The Hall–Kier alpha value is -1.11. The van der Waals surface area contributed by atoms with E-state index in [1.807, 2.05) is 13.8 Å². The Labute approximate surface area is 113 Å². The number of carbonyl (C=O) groups is 2. The normalized spacial score (nSPS) is 19.3. The fourth-order valence-electron chi connectivity index (χ4n) is 2.23. The van der Waals surface area contributed by atoms with Crippen molar-refractivity contribution in [3.63, 3.8) is 0 Å². The lowest BCUT2D eigenvalue weighted by atomic mass is 10.0. The van der Waals surface area contributed by atoms with Crippen LogP contribution in [0.25, 0.3) is 0 Å². The molecule has 0 spiro atoms. The molecule has 1 fully saturated rings. The van der Waals surface area contributed by atoms with Crippen molar-refractivity contribution in [1.82, 2.24) is 4.90 Å². The molecule has 7 heteroatoms. The molecule has 1 rings (SSSR count). The number of nitrogens with zero attached hydrogens (tertiary/aromatic N) is 1. The van der Waals surface area contributed by atoms with E-state index in [9.17, 15) is 18.0 Å². The molecular formula is C12H21NO5S. The second-order valence-electron chi connectivity index (χ2n) is 5.43. The molecule has 1 N–H and O–H groups in total. The molecule has 1 aliphatic heterocycles. The Balaban J connectivity index is 2.68. The van der Waals surface area contributed by atoms with Gasteiger partial charge in [-0.15, -0.1) is 0 Å². The molecule has 6 nitrogen and oxygen atoms in total. The predicted molar refractivity (Wildman–Crippen MR) is 70.4 cm³/mol. The largest absolute Gasteiger partial charge is 0.480 e. The van der Waals surface area contributed by atoms with Crippen molar-refractivity contribution in [2.45, 2.75) is 26.7 Å². The van der Waals surface area contributed by atoms with Crippen molar-refractivity contribution in [1.29, 1.82) is 0 Å². The highest BCUT2D eigenvalue weighted by Gasteiger charge is 2.32. The van der Waals surface area contributed by atoms with Gasteiger partial charge in [0.05, 0.1) is 11.5 Å². The van der Waals surface area contributed by atoms with Gasteiger partial charge in [0.2, 0.25) is 5.91 Å². The van der Waals surface area contributed by atoms with Crippen LogP contribution in [0.3, 0.4) is 0 Å². The molecule has 1 saturated heterocycles. The van der Waals surface area contributed by atoms with E-state index < -0.39 is 15.8 Å². The average Bonchev–Trinajstić information content (AvgIpc) is 2.26. The summed E-state index contributed by atoms with van der Waals surface area (Å²) in [5.41, 5.74) is 0. The Morgan fingerprint density at radius 2 is 1.79 bits per heavy atom. The van der Waals surface area contributed by atoms with E-state index in [-0.39, 0.29) is 35.8 Å². The smallest absolute Gasteiger partial charge is 0.323 e. The second-order valence-corrected chi connectivity index (χ2v) is 7.74. The van der Waals surface area contributed by atoms with E-state index in [4.69, 9.17) is 5.11 Å². The number of aliphatic carboxylic acids is 1. The van der Waals surface area contributed by atoms with E-state index in [1.54, 1.807) is 0 Å². The SMILES string of the molecule is CC(C)CN(CC(=O)O)C(=O)C1CCS(=O)(=O)CC1. The van der Waals surface area contributed by atoms with Crippen LogP contribution in [0.1, 0.15) is 26.7 Å². The van der Waals surface area contributed by atoms with Gasteiger partial charge < -0.3 is 10.0 Å². The van der Waals surface area contributed by atoms with E-state index in [0.29, 0.717) is 19.4 Å². The Morgan fingerprint density at radius 1 is 1.26 bits per heavy atom. The summed E-state index contributed by atoms with van der Waals surface area (Å²) in [5, 5.41) is 8.84. The number of hydrogen-bond acceptors (Lipinski definition) is 4. The molecule has 110 valence electrons. The number of amides is 1. The first-order chi connectivity index (χ1) is 8.71. The van der Waals surface area contributed by atoms with Crippen LogP contribution in [0.5, 0.6) is 0 Å². The van der Waals surface area contributed by atoms with Crippen molar-refractivity contribution in [2.24, 2.45) is 11.8 Å². The van der Waals surface area contributed by atoms with E-state index in [0.717, 1.165) is 0 Å². The van der Waals surface area contributed by atoms with Crippen LogP contribution in [-0.2, 0) is 19.4 Å². The first-order valence-electron chi connectivity index (χ1n) is 6.42. The zero-order chi connectivity index (χ0) is 14.6. The minimum atomic E-state index is -3.01. The van der Waals surface area contributed by atoms with Crippen molar-refractivity contribution in [2.75, 3.05) is 24.6 Å². The van der Waals surface area contributed by atoms with Gasteiger partial charge >= 0.3 is 5.97 Å². The lowest BCUT2D eigenvalue weighted by Crippen LogP contribution is -2.43. The van der Waals surface area contributed by atoms with Crippen LogP contribution < -0.4 is 0 Å². The third-order valence-electron chi connectivity index (χ3n) is 3.13. The number of carbonyl (C=O) groups excluding carboxylic acids is 1. The number of carboxylic acids is 1. The number of carboxylic acid groups (broad SMARTS) is 1. The van der Waals surface area contributed by atoms with Crippen LogP contribution in [0.15, 0.2) is 0 Å². The molecule has 0 aromatic rings. The molecule has 1 aliphatic rings. The van der Waals surface area contributed by atoms with Crippen molar-refractivity contribution < 1.29 is 23.1 Å². The first-order valence-corrected chi connectivity index (χ1v) is 8.24. The molecule has 0 aromatic carbocycles. The maximum absolute atomic E-state index is 12.2. The summed E-state index contributed by atoms with van der Waals surface area (Å²) in [6, 6.07) is 0. The number of rotatable bonds is 5. The van der Waals surface area contributed by atoms with Gasteiger partial charge in [-0.3, -0.25) is 9.59 Å². The van der Waals surface area contributed by atoms with Crippen LogP contribution >= 0.6 is 0 Å². The van der Waals surface area contributed by atoms with Gasteiger partial charge in [-0.25, -0.2) is 8.42 Å². The Bertz CT molecular complexity index is 429. The van der Waals surface area contributed by atoms with Gasteiger partial charge in [0, 0.05) is 12.5 Å². The highest BCUT2D eigenvalue weighted by Crippen LogP contribution is 2.21. The molecular weight excluding hydrogens is 270 g/mol. The quantitative estimate of drug-likeness (QED) is 0.790. The fourth-order valence-corrected chi connectivity index (χ4v) is 3.72. The summed E-state index contributed by atoms with van der Waals surface area (Å²) in [6.45, 7) is 3.88. The minimum absolute atomic E-state index is 0.0198. The van der Waals surface area contributed by atoms with Gasteiger partial charge in [-0.1, -0.05) is 13.8 Å². The molecule has 0 atom stereocenters. The molecule has 0 radical (unpaired) electrons. The van der Waals surface area contributed by atoms with Crippen LogP contribution in [0.4, 0.5) is 0 Å². The van der Waals surface area contributed by atoms with Crippen LogP contribution in [-0.4, -0.2) is 54.9 Å².